The van der Waals surface area contributed by atoms with Crippen molar-refractivity contribution in [1.29, 1.82) is 0 Å². The van der Waals surface area contributed by atoms with Crippen LogP contribution in [-0.4, -0.2) is 54.1 Å². The second kappa shape index (κ2) is 11.9. The summed E-state index contributed by atoms with van der Waals surface area (Å²) in [6.07, 6.45) is 9.20. The average Bonchev–Trinajstić information content (AvgIpc) is 3.23. The van der Waals surface area contributed by atoms with Crippen LogP contribution in [-0.2, 0) is 11.2 Å². The molecule has 33 heavy (non-hydrogen) atoms. The Morgan fingerprint density at radius 1 is 1.12 bits per heavy atom. The second-order valence-electron chi connectivity index (χ2n) is 9.63. The number of piperidine rings is 1. The molecule has 7 nitrogen and oxygen atoms in total. The van der Waals surface area contributed by atoms with Crippen LogP contribution in [0.3, 0.4) is 0 Å². The van der Waals surface area contributed by atoms with E-state index in [2.05, 4.69) is 19.2 Å². The van der Waals surface area contributed by atoms with E-state index < -0.39 is 5.97 Å². The first-order chi connectivity index (χ1) is 15.8. The number of carboxylic acid groups (broad SMARTS) is 1. The van der Waals surface area contributed by atoms with E-state index in [0.29, 0.717) is 37.5 Å². The Hall–Kier alpha value is -2.09. The van der Waals surface area contributed by atoms with Crippen molar-refractivity contribution in [1.82, 2.24) is 10.2 Å². The molecule has 3 amide bonds. The SMILES string of the molecule is CCCCCc1cc(N(C(=O)C2CCC(C)CC2)C2CCN(C(=O)NC)CC2)c(C(=O)O)s1. The summed E-state index contributed by atoms with van der Waals surface area (Å²) in [5.74, 6) is -0.308. The number of amides is 3. The number of thiophene rings is 1. The van der Waals surface area contributed by atoms with Crippen molar-refractivity contribution in [2.45, 2.75) is 84.1 Å². The number of unbranched alkanes of at least 4 members (excludes halogenated alkanes) is 2. The van der Waals surface area contributed by atoms with Crippen molar-refractivity contribution in [3.8, 4) is 0 Å². The molecular weight excluding hydrogens is 438 g/mol. The van der Waals surface area contributed by atoms with Gasteiger partial charge in [0.05, 0.1) is 5.69 Å². The number of carbonyl (C=O) groups is 3. The molecule has 0 aromatic carbocycles. The van der Waals surface area contributed by atoms with E-state index in [-0.39, 0.29) is 28.8 Å². The largest absolute Gasteiger partial charge is 0.477 e. The van der Waals surface area contributed by atoms with Gasteiger partial charge in [0.15, 0.2) is 0 Å². The summed E-state index contributed by atoms with van der Waals surface area (Å²) in [5, 5.41) is 12.7. The highest BCUT2D eigenvalue weighted by atomic mass is 32.1. The van der Waals surface area contributed by atoms with Gasteiger partial charge in [-0.25, -0.2) is 9.59 Å². The monoisotopic (exact) mass is 477 g/mol. The number of carboxylic acids is 1. The van der Waals surface area contributed by atoms with Crippen molar-refractivity contribution in [3.05, 3.63) is 15.8 Å². The zero-order valence-corrected chi connectivity index (χ0v) is 21.1. The number of carbonyl (C=O) groups excluding carboxylic acids is 2. The van der Waals surface area contributed by atoms with Gasteiger partial charge >= 0.3 is 12.0 Å². The lowest BCUT2D eigenvalue weighted by Crippen LogP contribution is -2.52. The Balaban J connectivity index is 1.89. The van der Waals surface area contributed by atoms with Crippen LogP contribution in [0.15, 0.2) is 6.07 Å². The zero-order chi connectivity index (χ0) is 24.0. The molecule has 2 aliphatic rings. The van der Waals surface area contributed by atoms with Crippen LogP contribution in [0.5, 0.6) is 0 Å². The summed E-state index contributed by atoms with van der Waals surface area (Å²) in [6, 6.07) is 1.76. The minimum Gasteiger partial charge on any atom is -0.477 e. The minimum atomic E-state index is -0.963. The van der Waals surface area contributed by atoms with Crippen LogP contribution in [0.4, 0.5) is 10.5 Å². The van der Waals surface area contributed by atoms with Gasteiger partial charge in [0, 0.05) is 37.0 Å². The highest BCUT2D eigenvalue weighted by Crippen LogP contribution is 2.38. The van der Waals surface area contributed by atoms with Crippen LogP contribution in [0.25, 0.3) is 0 Å². The number of nitrogens with zero attached hydrogens (tertiary/aromatic N) is 2. The molecule has 8 heteroatoms. The van der Waals surface area contributed by atoms with Gasteiger partial charge in [-0.2, -0.15) is 0 Å². The van der Waals surface area contributed by atoms with Gasteiger partial charge in [-0.3, -0.25) is 4.79 Å². The fraction of sp³-hybridized carbons (Fsp3) is 0.720. The topological polar surface area (TPSA) is 90.0 Å². The quantitative estimate of drug-likeness (QED) is 0.507. The Bertz CT molecular complexity index is 824. The fourth-order valence-corrected chi connectivity index (χ4v) is 6.15. The van der Waals surface area contributed by atoms with Gasteiger partial charge in [0.25, 0.3) is 0 Å². The molecule has 2 N–H and O–H groups in total. The molecule has 0 atom stereocenters. The van der Waals surface area contributed by atoms with E-state index in [9.17, 15) is 19.5 Å². The third-order valence-corrected chi connectivity index (χ3v) is 8.35. The number of nitrogens with one attached hydrogen (secondary N) is 1. The number of rotatable bonds is 8. The van der Waals surface area contributed by atoms with Gasteiger partial charge in [-0.15, -0.1) is 11.3 Å². The van der Waals surface area contributed by atoms with Crippen molar-refractivity contribution < 1.29 is 19.5 Å². The Kier molecular flexibility index (Phi) is 9.18. The molecule has 2 heterocycles. The summed E-state index contributed by atoms with van der Waals surface area (Å²) in [6.45, 7) is 5.51. The van der Waals surface area contributed by atoms with E-state index in [1.165, 1.54) is 11.3 Å². The molecule has 1 aliphatic carbocycles. The smallest absolute Gasteiger partial charge is 0.348 e. The molecule has 2 fully saturated rings. The van der Waals surface area contributed by atoms with E-state index in [1.807, 2.05) is 11.0 Å². The van der Waals surface area contributed by atoms with Crippen molar-refractivity contribution in [2.75, 3.05) is 25.0 Å². The van der Waals surface area contributed by atoms with E-state index >= 15 is 0 Å². The van der Waals surface area contributed by atoms with Crippen LogP contribution in [0.2, 0.25) is 0 Å². The van der Waals surface area contributed by atoms with Gasteiger partial charge in [0.1, 0.15) is 4.88 Å². The van der Waals surface area contributed by atoms with Gasteiger partial charge < -0.3 is 20.2 Å². The first-order valence-electron chi connectivity index (χ1n) is 12.5. The molecule has 0 unspecified atom stereocenters. The minimum absolute atomic E-state index is 0.0525. The molecule has 1 aromatic rings. The lowest BCUT2D eigenvalue weighted by molar-refractivity contribution is -0.124. The number of likely N-dealkylation sites (tertiary alicyclic amines) is 1. The Morgan fingerprint density at radius 2 is 1.79 bits per heavy atom. The predicted molar refractivity (Wildman–Crippen MR) is 132 cm³/mol. The molecule has 1 saturated carbocycles. The molecule has 1 saturated heterocycles. The lowest BCUT2D eigenvalue weighted by atomic mass is 9.82. The maximum absolute atomic E-state index is 13.9. The summed E-state index contributed by atoms with van der Waals surface area (Å²) >= 11 is 1.32. The standard InChI is InChI=1S/C25H39N3O4S/c1-4-5-6-7-20-16-21(22(33-20)24(30)31)28(23(29)18-10-8-17(2)9-11-18)19-12-14-27(15-13-19)25(32)26-3/h16-19H,4-15H2,1-3H3,(H,26,32)(H,30,31). The number of aryl methyl sites for hydroxylation is 1. The fourth-order valence-electron chi connectivity index (χ4n) is 5.12. The number of urea groups is 1. The molecule has 0 bridgehead atoms. The van der Waals surface area contributed by atoms with Crippen LogP contribution in [0, 0.1) is 11.8 Å². The summed E-state index contributed by atoms with van der Waals surface area (Å²) < 4.78 is 0. The third kappa shape index (κ3) is 6.28. The maximum Gasteiger partial charge on any atom is 0.348 e. The van der Waals surface area contributed by atoms with Gasteiger partial charge in [-0.1, -0.05) is 26.7 Å². The third-order valence-electron chi connectivity index (χ3n) is 7.18. The zero-order valence-electron chi connectivity index (χ0n) is 20.3. The lowest BCUT2D eigenvalue weighted by Gasteiger charge is -2.40. The summed E-state index contributed by atoms with van der Waals surface area (Å²) in [4.78, 5) is 43.0. The summed E-state index contributed by atoms with van der Waals surface area (Å²) in [5.41, 5.74) is 0.570. The molecule has 0 spiro atoms. The van der Waals surface area contributed by atoms with Crippen LogP contribution in [0.1, 0.15) is 86.2 Å². The first-order valence-corrected chi connectivity index (χ1v) is 13.3. The second-order valence-corrected chi connectivity index (χ2v) is 10.8. The predicted octanol–water partition coefficient (Wildman–Crippen LogP) is 5.14. The van der Waals surface area contributed by atoms with Crippen LogP contribution >= 0.6 is 11.3 Å². The van der Waals surface area contributed by atoms with E-state index in [1.54, 1.807) is 11.9 Å². The molecule has 184 valence electrons. The average molecular weight is 478 g/mol. The first kappa shape index (κ1) is 25.5. The molecule has 1 aliphatic heterocycles. The number of aromatic carboxylic acids is 1. The molecule has 0 radical (unpaired) electrons. The van der Waals surface area contributed by atoms with Crippen molar-refractivity contribution >= 4 is 34.9 Å². The van der Waals surface area contributed by atoms with Gasteiger partial charge in [-0.05, 0) is 63.4 Å². The highest BCUT2D eigenvalue weighted by molar-refractivity contribution is 7.14. The maximum atomic E-state index is 13.9. The van der Waals surface area contributed by atoms with Gasteiger partial charge in [0.2, 0.25) is 5.91 Å². The normalized spacial score (nSPS) is 21.6. The number of hydrogen-bond acceptors (Lipinski definition) is 4. The van der Waals surface area contributed by atoms with Crippen molar-refractivity contribution in [2.24, 2.45) is 11.8 Å². The Labute approximate surface area is 201 Å². The molecule has 1 aromatic heterocycles. The molecular formula is C25H39N3O4S. The molecule has 3 rings (SSSR count). The van der Waals surface area contributed by atoms with Crippen LogP contribution < -0.4 is 10.2 Å². The van der Waals surface area contributed by atoms with Crippen molar-refractivity contribution in [3.63, 3.8) is 0 Å². The summed E-state index contributed by atoms with van der Waals surface area (Å²) in [7, 11) is 1.62. The number of hydrogen-bond donors (Lipinski definition) is 2. The van der Waals surface area contributed by atoms with E-state index in [0.717, 1.165) is 56.2 Å². The highest BCUT2D eigenvalue weighted by Gasteiger charge is 2.37. The number of anilines is 1. The Morgan fingerprint density at radius 3 is 2.36 bits per heavy atom. The van der Waals surface area contributed by atoms with E-state index in [4.69, 9.17) is 0 Å².